The minimum atomic E-state index is -4.71. The third-order valence-corrected chi connectivity index (χ3v) is 3.13. The molecule has 0 saturated carbocycles. The molecule has 0 aromatic heterocycles. The molecule has 1 amide bonds. The SMILES string of the molecule is O=Cc1ccc(C(=O)NCc2ccc(F)cc2C(F)(F)F)cc1. The first-order valence-corrected chi connectivity index (χ1v) is 6.50. The molecule has 7 heteroatoms. The van der Waals surface area contributed by atoms with Gasteiger partial charge in [-0.3, -0.25) is 9.59 Å². The van der Waals surface area contributed by atoms with E-state index >= 15 is 0 Å². The topological polar surface area (TPSA) is 46.2 Å². The highest BCUT2D eigenvalue weighted by Crippen LogP contribution is 2.32. The first-order chi connectivity index (χ1) is 10.8. The fraction of sp³-hybridized carbons (Fsp3) is 0.125. The summed E-state index contributed by atoms with van der Waals surface area (Å²) in [7, 11) is 0. The molecule has 120 valence electrons. The van der Waals surface area contributed by atoms with Gasteiger partial charge in [-0.25, -0.2) is 4.39 Å². The van der Waals surface area contributed by atoms with Crippen LogP contribution < -0.4 is 5.32 Å². The molecule has 1 N–H and O–H groups in total. The van der Waals surface area contributed by atoms with Crippen LogP contribution in [0.5, 0.6) is 0 Å². The van der Waals surface area contributed by atoms with Gasteiger partial charge >= 0.3 is 6.18 Å². The second-order valence-corrected chi connectivity index (χ2v) is 4.72. The summed E-state index contributed by atoms with van der Waals surface area (Å²) in [5.74, 6) is -1.60. The van der Waals surface area contributed by atoms with Gasteiger partial charge in [0, 0.05) is 17.7 Å². The number of rotatable bonds is 4. The van der Waals surface area contributed by atoms with Gasteiger partial charge in [0.05, 0.1) is 5.56 Å². The highest BCUT2D eigenvalue weighted by molar-refractivity contribution is 5.94. The summed E-state index contributed by atoms with van der Waals surface area (Å²) in [5.41, 5.74) is -0.795. The number of alkyl halides is 3. The third kappa shape index (κ3) is 4.15. The number of hydrogen-bond acceptors (Lipinski definition) is 2. The molecular weight excluding hydrogens is 314 g/mol. The van der Waals surface area contributed by atoms with Gasteiger partial charge in [0.25, 0.3) is 5.91 Å². The minimum absolute atomic E-state index is 0.200. The summed E-state index contributed by atoms with van der Waals surface area (Å²) in [6, 6.07) is 7.87. The number of amides is 1. The number of aldehydes is 1. The van der Waals surface area contributed by atoms with E-state index in [9.17, 15) is 27.2 Å². The number of benzene rings is 2. The van der Waals surface area contributed by atoms with Crippen LogP contribution in [0, 0.1) is 5.82 Å². The Bertz CT molecular complexity index is 724. The highest BCUT2D eigenvalue weighted by atomic mass is 19.4. The maximum Gasteiger partial charge on any atom is 0.416 e. The smallest absolute Gasteiger partial charge is 0.348 e. The second kappa shape index (κ2) is 6.60. The van der Waals surface area contributed by atoms with E-state index < -0.39 is 30.0 Å². The van der Waals surface area contributed by atoms with E-state index in [-0.39, 0.29) is 11.1 Å². The molecule has 0 heterocycles. The fourth-order valence-corrected chi connectivity index (χ4v) is 1.96. The first-order valence-electron chi connectivity index (χ1n) is 6.50. The Morgan fingerprint density at radius 2 is 1.74 bits per heavy atom. The molecule has 0 bridgehead atoms. The van der Waals surface area contributed by atoms with Crippen molar-refractivity contribution in [1.29, 1.82) is 0 Å². The molecule has 3 nitrogen and oxygen atoms in total. The van der Waals surface area contributed by atoms with Crippen molar-refractivity contribution in [2.45, 2.75) is 12.7 Å². The molecule has 2 aromatic rings. The lowest BCUT2D eigenvalue weighted by molar-refractivity contribution is -0.138. The Hall–Kier alpha value is -2.70. The van der Waals surface area contributed by atoms with E-state index in [1.165, 1.54) is 24.3 Å². The Morgan fingerprint density at radius 1 is 1.09 bits per heavy atom. The van der Waals surface area contributed by atoms with Gasteiger partial charge in [-0.15, -0.1) is 0 Å². The number of carbonyl (C=O) groups is 2. The molecular formula is C16H11F4NO2. The predicted octanol–water partition coefficient (Wildman–Crippen LogP) is 3.59. The zero-order valence-corrected chi connectivity index (χ0v) is 11.7. The van der Waals surface area contributed by atoms with Crippen molar-refractivity contribution in [1.82, 2.24) is 5.32 Å². The van der Waals surface area contributed by atoms with Gasteiger partial charge in [0.15, 0.2) is 0 Å². The average Bonchev–Trinajstić information content (AvgIpc) is 2.52. The molecule has 0 aliphatic rings. The van der Waals surface area contributed by atoms with E-state index in [1.54, 1.807) is 0 Å². The van der Waals surface area contributed by atoms with Crippen molar-refractivity contribution >= 4 is 12.2 Å². The Balaban J connectivity index is 2.14. The van der Waals surface area contributed by atoms with Crippen LogP contribution in [0.3, 0.4) is 0 Å². The summed E-state index contributed by atoms with van der Waals surface area (Å²) >= 11 is 0. The van der Waals surface area contributed by atoms with Crippen LogP contribution in [0.1, 0.15) is 31.8 Å². The number of carbonyl (C=O) groups excluding carboxylic acids is 2. The molecule has 2 aromatic carbocycles. The van der Waals surface area contributed by atoms with Gasteiger partial charge in [0.2, 0.25) is 0 Å². The Morgan fingerprint density at radius 3 is 2.30 bits per heavy atom. The van der Waals surface area contributed by atoms with Crippen molar-refractivity contribution in [3.63, 3.8) is 0 Å². The van der Waals surface area contributed by atoms with E-state index in [2.05, 4.69) is 5.32 Å². The molecule has 0 atom stereocenters. The molecule has 0 aliphatic heterocycles. The van der Waals surface area contributed by atoms with Crippen LogP contribution in [0.15, 0.2) is 42.5 Å². The van der Waals surface area contributed by atoms with Crippen LogP contribution in [0.2, 0.25) is 0 Å². The van der Waals surface area contributed by atoms with Crippen molar-refractivity contribution < 1.29 is 27.2 Å². The van der Waals surface area contributed by atoms with Gasteiger partial charge in [-0.2, -0.15) is 13.2 Å². The predicted molar refractivity (Wildman–Crippen MR) is 74.4 cm³/mol. The zero-order valence-electron chi connectivity index (χ0n) is 11.7. The number of hydrogen-bond donors (Lipinski definition) is 1. The van der Waals surface area contributed by atoms with Crippen LogP contribution in [0.25, 0.3) is 0 Å². The van der Waals surface area contributed by atoms with Gasteiger partial charge in [-0.1, -0.05) is 18.2 Å². The van der Waals surface area contributed by atoms with Gasteiger partial charge < -0.3 is 5.32 Å². The molecule has 0 radical (unpaired) electrons. The normalized spacial score (nSPS) is 11.1. The molecule has 2 rings (SSSR count). The average molecular weight is 325 g/mol. The summed E-state index contributed by atoms with van der Waals surface area (Å²) in [5, 5.41) is 2.33. The zero-order chi connectivity index (χ0) is 17.0. The van der Waals surface area contributed by atoms with Crippen molar-refractivity contribution in [3.8, 4) is 0 Å². The summed E-state index contributed by atoms with van der Waals surface area (Å²) < 4.78 is 51.5. The standard InChI is InChI=1S/C16H11F4NO2/c17-13-6-5-12(14(7-13)16(18,19)20)8-21-15(23)11-3-1-10(9-22)2-4-11/h1-7,9H,8H2,(H,21,23). The molecule has 0 saturated heterocycles. The fourth-order valence-electron chi connectivity index (χ4n) is 1.96. The van der Waals surface area contributed by atoms with Crippen molar-refractivity contribution in [2.75, 3.05) is 0 Å². The molecule has 0 unspecified atom stereocenters. The second-order valence-electron chi connectivity index (χ2n) is 4.72. The van der Waals surface area contributed by atoms with Gasteiger partial charge in [-0.05, 0) is 29.8 Å². The summed E-state index contributed by atoms with van der Waals surface area (Å²) in [6.45, 7) is -0.399. The van der Waals surface area contributed by atoms with Crippen LogP contribution in [-0.2, 0) is 12.7 Å². The Labute approximate surface area is 128 Å². The van der Waals surface area contributed by atoms with Crippen molar-refractivity contribution in [3.05, 3.63) is 70.5 Å². The third-order valence-electron chi connectivity index (χ3n) is 3.13. The largest absolute Gasteiger partial charge is 0.416 e. The van der Waals surface area contributed by atoms with E-state index in [0.717, 1.165) is 12.1 Å². The quantitative estimate of drug-likeness (QED) is 0.690. The van der Waals surface area contributed by atoms with Crippen LogP contribution >= 0.6 is 0 Å². The van der Waals surface area contributed by atoms with Crippen LogP contribution in [-0.4, -0.2) is 12.2 Å². The molecule has 23 heavy (non-hydrogen) atoms. The highest BCUT2D eigenvalue weighted by Gasteiger charge is 2.33. The van der Waals surface area contributed by atoms with Crippen molar-refractivity contribution in [2.24, 2.45) is 0 Å². The first kappa shape index (κ1) is 16.7. The van der Waals surface area contributed by atoms with Gasteiger partial charge in [0.1, 0.15) is 12.1 Å². The number of nitrogens with one attached hydrogen (secondary N) is 1. The van der Waals surface area contributed by atoms with E-state index in [1.807, 2.05) is 0 Å². The lowest BCUT2D eigenvalue weighted by Gasteiger charge is -2.13. The maximum absolute atomic E-state index is 13.0. The van der Waals surface area contributed by atoms with E-state index in [0.29, 0.717) is 17.9 Å². The van der Waals surface area contributed by atoms with Crippen LogP contribution in [0.4, 0.5) is 17.6 Å². The molecule has 0 aliphatic carbocycles. The summed E-state index contributed by atoms with van der Waals surface area (Å²) in [6.07, 6.45) is -4.11. The lowest BCUT2D eigenvalue weighted by Crippen LogP contribution is -2.24. The minimum Gasteiger partial charge on any atom is -0.348 e. The summed E-state index contributed by atoms with van der Waals surface area (Å²) in [4.78, 5) is 22.4. The monoisotopic (exact) mass is 325 g/mol. The van der Waals surface area contributed by atoms with E-state index in [4.69, 9.17) is 0 Å². The number of halogens is 4. The molecule has 0 fully saturated rings. The Kier molecular flexibility index (Phi) is 4.78. The molecule has 0 spiro atoms. The maximum atomic E-state index is 13.0. The lowest BCUT2D eigenvalue weighted by atomic mass is 10.1.